The van der Waals surface area contributed by atoms with Gasteiger partial charge in [0.15, 0.2) is 0 Å². The van der Waals surface area contributed by atoms with Gasteiger partial charge in [0.05, 0.1) is 6.10 Å². The molecule has 0 spiro atoms. The lowest BCUT2D eigenvalue weighted by Gasteiger charge is -2.31. The molecule has 2 aliphatic heterocycles. The van der Waals surface area contributed by atoms with Gasteiger partial charge in [0.1, 0.15) is 6.61 Å². The lowest BCUT2D eigenvalue weighted by atomic mass is 9.95. The van der Waals surface area contributed by atoms with E-state index < -0.39 is 0 Å². The SMILES string of the molecule is Cl.O=C1CO[C@H]2CCNC[C@@H]2CN1c1ccccc1. The quantitative estimate of drug-likeness (QED) is 0.848. The fraction of sp³-hybridized carbons (Fsp3) is 0.500. The number of fused-ring (bicyclic) bond motifs is 1. The van der Waals surface area contributed by atoms with Crippen molar-refractivity contribution in [1.82, 2.24) is 5.32 Å². The van der Waals surface area contributed by atoms with Crippen molar-refractivity contribution in [3.05, 3.63) is 30.3 Å². The van der Waals surface area contributed by atoms with E-state index in [0.29, 0.717) is 5.92 Å². The van der Waals surface area contributed by atoms with E-state index in [1.54, 1.807) is 0 Å². The van der Waals surface area contributed by atoms with Crippen LogP contribution in [0.1, 0.15) is 6.42 Å². The Labute approximate surface area is 119 Å². The van der Waals surface area contributed by atoms with Gasteiger partial charge in [-0.05, 0) is 25.1 Å². The van der Waals surface area contributed by atoms with Crippen LogP contribution < -0.4 is 10.2 Å². The first-order valence-electron chi connectivity index (χ1n) is 6.52. The van der Waals surface area contributed by atoms with Crippen LogP contribution in [-0.4, -0.2) is 38.3 Å². The van der Waals surface area contributed by atoms with Crippen LogP contribution in [0.3, 0.4) is 0 Å². The molecule has 1 N–H and O–H groups in total. The number of anilines is 1. The Morgan fingerprint density at radius 1 is 1.26 bits per heavy atom. The molecule has 19 heavy (non-hydrogen) atoms. The van der Waals surface area contributed by atoms with Crippen molar-refractivity contribution in [1.29, 1.82) is 0 Å². The molecule has 5 heteroatoms. The van der Waals surface area contributed by atoms with Crippen LogP contribution in [0, 0.1) is 5.92 Å². The van der Waals surface area contributed by atoms with Crippen molar-refractivity contribution in [2.24, 2.45) is 5.92 Å². The van der Waals surface area contributed by atoms with Crippen molar-refractivity contribution >= 4 is 24.0 Å². The summed E-state index contributed by atoms with van der Waals surface area (Å²) in [5.74, 6) is 0.459. The third-order valence-corrected chi connectivity index (χ3v) is 3.74. The molecule has 1 aromatic rings. The highest BCUT2D eigenvalue weighted by Crippen LogP contribution is 2.24. The van der Waals surface area contributed by atoms with Gasteiger partial charge in [-0.25, -0.2) is 0 Å². The van der Waals surface area contributed by atoms with E-state index >= 15 is 0 Å². The lowest BCUT2D eigenvalue weighted by Crippen LogP contribution is -2.45. The van der Waals surface area contributed by atoms with E-state index in [1.165, 1.54) is 0 Å². The zero-order valence-corrected chi connectivity index (χ0v) is 11.6. The monoisotopic (exact) mass is 282 g/mol. The van der Waals surface area contributed by atoms with Crippen molar-refractivity contribution in [3.8, 4) is 0 Å². The van der Waals surface area contributed by atoms with Crippen LogP contribution in [-0.2, 0) is 9.53 Å². The number of ether oxygens (including phenoxy) is 1. The summed E-state index contributed by atoms with van der Waals surface area (Å²) >= 11 is 0. The first kappa shape index (κ1) is 14.3. The van der Waals surface area contributed by atoms with E-state index in [2.05, 4.69) is 5.32 Å². The minimum Gasteiger partial charge on any atom is -0.368 e. The second-order valence-corrected chi connectivity index (χ2v) is 4.94. The van der Waals surface area contributed by atoms with Crippen molar-refractivity contribution in [2.75, 3.05) is 31.1 Å². The van der Waals surface area contributed by atoms with Gasteiger partial charge < -0.3 is 15.0 Å². The Hall–Kier alpha value is -1.10. The second kappa shape index (κ2) is 6.37. The number of carbonyl (C=O) groups excluding carboxylic acids is 1. The fourth-order valence-corrected chi connectivity index (χ4v) is 2.75. The number of piperidine rings is 1. The molecule has 0 aliphatic carbocycles. The van der Waals surface area contributed by atoms with E-state index in [0.717, 1.165) is 31.7 Å². The average Bonchev–Trinajstić information content (AvgIpc) is 2.60. The molecule has 0 saturated carbocycles. The molecule has 2 atom stereocenters. The first-order chi connectivity index (χ1) is 8.84. The number of carbonyl (C=O) groups is 1. The Morgan fingerprint density at radius 2 is 2.05 bits per heavy atom. The molecule has 2 saturated heterocycles. The Kier molecular flexibility index (Phi) is 4.80. The van der Waals surface area contributed by atoms with Gasteiger partial charge >= 0.3 is 0 Å². The third kappa shape index (κ3) is 3.08. The van der Waals surface area contributed by atoms with E-state index in [-0.39, 0.29) is 31.0 Å². The smallest absolute Gasteiger partial charge is 0.252 e. The zero-order valence-electron chi connectivity index (χ0n) is 10.7. The number of para-hydroxylation sites is 1. The predicted octanol–water partition coefficient (Wildman–Crippen LogP) is 1.45. The highest BCUT2D eigenvalue weighted by Gasteiger charge is 2.33. The maximum atomic E-state index is 12.1. The molecular weight excluding hydrogens is 264 g/mol. The number of amides is 1. The number of hydrogen-bond acceptors (Lipinski definition) is 3. The molecule has 1 aromatic carbocycles. The summed E-state index contributed by atoms with van der Waals surface area (Å²) < 4.78 is 5.74. The minimum atomic E-state index is 0. The van der Waals surface area contributed by atoms with Crippen LogP contribution in [0.2, 0.25) is 0 Å². The molecule has 2 fully saturated rings. The van der Waals surface area contributed by atoms with Crippen molar-refractivity contribution in [3.63, 3.8) is 0 Å². The maximum Gasteiger partial charge on any atom is 0.252 e. The van der Waals surface area contributed by atoms with Crippen LogP contribution >= 0.6 is 12.4 Å². The normalized spacial score (nSPS) is 27.2. The van der Waals surface area contributed by atoms with Gasteiger partial charge in [-0.3, -0.25) is 4.79 Å². The van der Waals surface area contributed by atoms with E-state index in [9.17, 15) is 4.79 Å². The summed E-state index contributed by atoms with van der Waals surface area (Å²) in [6.45, 7) is 2.87. The highest BCUT2D eigenvalue weighted by molar-refractivity contribution is 5.94. The lowest BCUT2D eigenvalue weighted by molar-refractivity contribution is -0.124. The average molecular weight is 283 g/mol. The van der Waals surface area contributed by atoms with Gasteiger partial charge in [-0.2, -0.15) is 0 Å². The molecule has 0 aromatic heterocycles. The van der Waals surface area contributed by atoms with Gasteiger partial charge in [0, 0.05) is 24.7 Å². The molecule has 4 nitrogen and oxygen atoms in total. The fourth-order valence-electron chi connectivity index (χ4n) is 2.75. The molecule has 0 radical (unpaired) electrons. The molecule has 2 heterocycles. The van der Waals surface area contributed by atoms with Gasteiger partial charge in [0.2, 0.25) is 0 Å². The summed E-state index contributed by atoms with van der Waals surface area (Å²) in [4.78, 5) is 14.0. The van der Waals surface area contributed by atoms with Crippen LogP contribution in [0.25, 0.3) is 0 Å². The van der Waals surface area contributed by atoms with Crippen LogP contribution in [0.5, 0.6) is 0 Å². The molecular formula is C14H19ClN2O2. The predicted molar refractivity (Wildman–Crippen MR) is 76.8 cm³/mol. The maximum absolute atomic E-state index is 12.1. The van der Waals surface area contributed by atoms with E-state index in [1.807, 2.05) is 35.2 Å². The number of halogens is 1. The minimum absolute atomic E-state index is 0. The summed E-state index contributed by atoms with van der Waals surface area (Å²) in [6.07, 6.45) is 1.23. The summed E-state index contributed by atoms with van der Waals surface area (Å²) in [5, 5.41) is 3.38. The van der Waals surface area contributed by atoms with Gasteiger partial charge in [-0.1, -0.05) is 18.2 Å². The summed E-state index contributed by atoms with van der Waals surface area (Å²) in [5.41, 5.74) is 0.970. The molecule has 3 rings (SSSR count). The first-order valence-corrected chi connectivity index (χ1v) is 6.52. The largest absolute Gasteiger partial charge is 0.368 e. The number of hydrogen-bond donors (Lipinski definition) is 1. The number of benzene rings is 1. The molecule has 1 amide bonds. The Morgan fingerprint density at radius 3 is 2.84 bits per heavy atom. The number of nitrogens with zero attached hydrogens (tertiary/aromatic N) is 1. The Balaban J connectivity index is 0.00000133. The third-order valence-electron chi connectivity index (χ3n) is 3.74. The number of rotatable bonds is 1. The van der Waals surface area contributed by atoms with E-state index in [4.69, 9.17) is 4.74 Å². The molecule has 0 bridgehead atoms. The van der Waals surface area contributed by atoms with Crippen LogP contribution in [0.4, 0.5) is 5.69 Å². The summed E-state index contributed by atoms with van der Waals surface area (Å²) in [7, 11) is 0. The Bertz CT molecular complexity index is 427. The topological polar surface area (TPSA) is 41.6 Å². The molecule has 0 unspecified atom stereocenters. The molecule has 2 aliphatic rings. The van der Waals surface area contributed by atoms with Gasteiger partial charge in [-0.15, -0.1) is 12.4 Å². The summed E-state index contributed by atoms with van der Waals surface area (Å²) in [6, 6.07) is 9.85. The zero-order chi connectivity index (χ0) is 12.4. The molecule has 104 valence electrons. The highest BCUT2D eigenvalue weighted by atomic mass is 35.5. The van der Waals surface area contributed by atoms with Crippen molar-refractivity contribution in [2.45, 2.75) is 12.5 Å². The van der Waals surface area contributed by atoms with Crippen molar-refractivity contribution < 1.29 is 9.53 Å². The number of nitrogens with one attached hydrogen (secondary N) is 1. The standard InChI is InChI=1S/C14H18N2O2.ClH/c17-14-10-18-13-6-7-15-8-11(13)9-16(14)12-4-2-1-3-5-12;/h1-5,11,13,15H,6-10H2;1H/t11-,13+;/m1./s1. The van der Waals surface area contributed by atoms with Gasteiger partial charge in [0.25, 0.3) is 5.91 Å². The van der Waals surface area contributed by atoms with Crippen LogP contribution in [0.15, 0.2) is 30.3 Å². The second-order valence-electron chi connectivity index (χ2n) is 4.94.